The van der Waals surface area contributed by atoms with Crippen molar-refractivity contribution in [3.8, 4) is 0 Å². The highest BCUT2D eigenvalue weighted by Crippen LogP contribution is 2.12. The summed E-state index contributed by atoms with van der Waals surface area (Å²) < 4.78 is 14.8. The highest BCUT2D eigenvalue weighted by molar-refractivity contribution is 5.81. The number of rotatable bonds is 14. The summed E-state index contributed by atoms with van der Waals surface area (Å²) >= 11 is 0. The van der Waals surface area contributed by atoms with E-state index in [9.17, 15) is 4.79 Å². The molecule has 0 aromatic carbocycles. The zero-order chi connectivity index (χ0) is 15.8. The molecular formula is C17H32O4. The molecule has 0 heterocycles. The zero-order valence-corrected chi connectivity index (χ0v) is 13.9. The number of ether oxygens (including phenoxy) is 3. The highest BCUT2D eigenvalue weighted by atomic mass is 16.7. The van der Waals surface area contributed by atoms with Crippen molar-refractivity contribution in [3.63, 3.8) is 0 Å². The van der Waals surface area contributed by atoms with Gasteiger partial charge in [0.1, 0.15) is 0 Å². The van der Waals surface area contributed by atoms with Gasteiger partial charge in [0.2, 0.25) is 0 Å². The van der Waals surface area contributed by atoms with Crippen LogP contribution in [-0.2, 0) is 19.0 Å². The van der Waals surface area contributed by atoms with Crippen molar-refractivity contribution in [2.45, 2.75) is 70.5 Å². The molecular weight excluding hydrogens is 268 g/mol. The zero-order valence-electron chi connectivity index (χ0n) is 13.9. The van der Waals surface area contributed by atoms with Gasteiger partial charge in [-0.1, -0.05) is 44.6 Å². The molecule has 21 heavy (non-hydrogen) atoms. The molecule has 0 spiro atoms. The second-order valence-corrected chi connectivity index (χ2v) is 5.23. The summed E-state index contributed by atoms with van der Waals surface area (Å²) in [6, 6.07) is 0. The second kappa shape index (κ2) is 15.5. The lowest BCUT2D eigenvalue weighted by Gasteiger charge is -2.12. The van der Waals surface area contributed by atoms with Crippen molar-refractivity contribution in [3.05, 3.63) is 12.2 Å². The Hall–Kier alpha value is -0.870. The van der Waals surface area contributed by atoms with Crippen molar-refractivity contribution in [2.24, 2.45) is 0 Å². The van der Waals surface area contributed by atoms with Gasteiger partial charge < -0.3 is 14.2 Å². The fraction of sp³-hybridized carbons (Fsp3) is 0.824. The molecule has 0 bridgehead atoms. The number of hydrogen-bond acceptors (Lipinski definition) is 4. The average Bonchev–Trinajstić information content (AvgIpc) is 2.51. The maximum absolute atomic E-state index is 10.8. The monoisotopic (exact) mass is 300 g/mol. The van der Waals surface area contributed by atoms with Gasteiger partial charge in [0.25, 0.3) is 0 Å². The van der Waals surface area contributed by atoms with E-state index in [0.717, 1.165) is 19.3 Å². The number of carbonyl (C=O) groups excluding carboxylic acids is 1. The minimum Gasteiger partial charge on any atom is -0.466 e. The molecule has 0 aromatic heterocycles. The largest absolute Gasteiger partial charge is 0.466 e. The fourth-order valence-electron chi connectivity index (χ4n) is 2.21. The molecule has 0 unspecified atom stereocenters. The Morgan fingerprint density at radius 3 is 1.90 bits per heavy atom. The van der Waals surface area contributed by atoms with Gasteiger partial charge in [0, 0.05) is 20.3 Å². The lowest BCUT2D eigenvalue weighted by atomic mass is 10.1. The van der Waals surface area contributed by atoms with E-state index in [1.165, 1.54) is 58.1 Å². The molecule has 0 fully saturated rings. The Bertz CT molecular complexity index is 260. The molecule has 0 aromatic rings. The van der Waals surface area contributed by atoms with Gasteiger partial charge in [-0.15, -0.1) is 0 Å². The summed E-state index contributed by atoms with van der Waals surface area (Å²) in [6.45, 7) is 0. The Kier molecular flexibility index (Phi) is 14.9. The number of hydrogen-bond donors (Lipinski definition) is 0. The minimum absolute atomic E-state index is 0.0388. The van der Waals surface area contributed by atoms with E-state index in [1.54, 1.807) is 14.2 Å². The summed E-state index contributed by atoms with van der Waals surface area (Å²) in [7, 11) is 4.78. The average molecular weight is 300 g/mol. The Labute approximate surface area is 129 Å². The van der Waals surface area contributed by atoms with Crippen LogP contribution in [0.4, 0.5) is 0 Å². The fourth-order valence-corrected chi connectivity index (χ4v) is 2.21. The Morgan fingerprint density at radius 2 is 1.38 bits per heavy atom. The number of unbranched alkanes of at least 4 members (excludes halogenated alkanes) is 8. The van der Waals surface area contributed by atoms with Gasteiger partial charge in [-0.05, 0) is 25.7 Å². The molecule has 0 saturated carbocycles. The van der Waals surface area contributed by atoms with Crippen molar-refractivity contribution < 1.29 is 19.0 Å². The second-order valence-electron chi connectivity index (χ2n) is 5.23. The lowest BCUT2D eigenvalue weighted by Crippen LogP contribution is -2.12. The molecule has 0 N–H and O–H groups in total. The molecule has 4 heteroatoms. The van der Waals surface area contributed by atoms with Gasteiger partial charge in [0.15, 0.2) is 6.29 Å². The summed E-state index contributed by atoms with van der Waals surface area (Å²) in [5.41, 5.74) is 0. The SMILES string of the molecule is COC(=O)/C=C/CCCCCCCCCCC(OC)OC. The Balaban J connectivity index is 3.19. The molecule has 0 aliphatic heterocycles. The number of allylic oxidation sites excluding steroid dienone is 1. The topological polar surface area (TPSA) is 44.8 Å². The number of methoxy groups -OCH3 is 3. The highest BCUT2D eigenvalue weighted by Gasteiger charge is 2.03. The van der Waals surface area contributed by atoms with Crippen LogP contribution in [0.1, 0.15) is 64.2 Å². The third-order valence-corrected chi connectivity index (χ3v) is 3.54. The van der Waals surface area contributed by atoms with Crippen LogP contribution in [0.25, 0.3) is 0 Å². The van der Waals surface area contributed by atoms with Crippen LogP contribution >= 0.6 is 0 Å². The van der Waals surface area contributed by atoms with E-state index in [1.807, 2.05) is 6.08 Å². The predicted octanol–water partition coefficient (Wildman–Crippen LogP) is 4.24. The molecule has 0 saturated heterocycles. The van der Waals surface area contributed by atoms with Crippen LogP contribution in [0, 0.1) is 0 Å². The Morgan fingerprint density at radius 1 is 0.857 bits per heavy atom. The van der Waals surface area contributed by atoms with Gasteiger partial charge in [-0.3, -0.25) is 0 Å². The summed E-state index contributed by atoms with van der Waals surface area (Å²) in [5, 5.41) is 0. The minimum atomic E-state index is -0.265. The van der Waals surface area contributed by atoms with Gasteiger partial charge >= 0.3 is 5.97 Å². The van der Waals surface area contributed by atoms with Gasteiger partial charge in [-0.25, -0.2) is 4.79 Å². The van der Waals surface area contributed by atoms with E-state index in [-0.39, 0.29) is 12.3 Å². The summed E-state index contributed by atoms with van der Waals surface area (Å²) in [4.78, 5) is 10.8. The first-order valence-corrected chi connectivity index (χ1v) is 8.04. The third kappa shape index (κ3) is 13.9. The van der Waals surface area contributed by atoms with E-state index in [2.05, 4.69) is 4.74 Å². The molecule has 4 nitrogen and oxygen atoms in total. The van der Waals surface area contributed by atoms with Gasteiger partial charge in [-0.2, -0.15) is 0 Å². The number of carbonyl (C=O) groups is 1. The van der Waals surface area contributed by atoms with Crippen molar-refractivity contribution in [1.29, 1.82) is 0 Å². The van der Waals surface area contributed by atoms with Crippen LogP contribution in [0.3, 0.4) is 0 Å². The maximum Gasteiger partial charge on any atom is 0.330 e. The smallest absolute Gasteiger partial charge is 0.330 e. The van der Waals surface area contributed by atoms with Crippen LogP contribution in [0.15, 0.2) is 12.2 Å². The predicted molar refractivity (Wildman–Crippen MR) is 85.1 cm³/mol. The molecule has 0 amide bonds. The number of esters is 1. The summed E-state index contributed by atoms with van der Waals surface area (Å²) in [6.07, 6.45) is 15.3. The van der Waals surface area contributed by atoms with E-state index < -0.39 is 0 Å². The molecule has 0 atom stereocenters. The van der Waals surface area contributed by atoms with Crippen LogP contribution < -0.4 is 0 Å². The van der Waals surface area contributed by atoms with E-state index >= 15 is 0 Å². The van der Waals surface area contributed by atoms with Crippen LogP contribution in [-0.4, -0.2) is 33.6 Å². The maximum atomic E-state index is 10.8. The normalized spacial score (nSPS) is 11.4. The van der Waals surface area contributed by atoms with Crippen LogP contribution in [0.5, 0.6) is 0 Å². The summed E-state index contributed by atoms with van der Waals surface area (Å²) in [5.74, 6) is -0.265. The third-order valence-electron chi connectivity index (χ3n) is 3.54. The first kappa shape index (κ1) is 20.1. The lowest BCUT2D eigenvalue weighted by molar-refractivity contribution is -0.134. The molecule has 0 aliphatic rings. The first-order chi connectivity index (χ1) is 10.2. The standard InChI is InChI=1S/C17H32O4/c1-19-16(18)14-12-10-8-6-4-5-7-9-11-13-15-17(20-2)21-3/h12,14,17H,4-11,13,15H2,1-3H3/b14-12+. The first-order valence-electron chi connectivity index (χ1n) is 8.04. The quantitative estimate of drug-likeness (QED) is 0.208. The van der Waals surface area contributed by atoms with Crippen molar-refractivity contribution >= 4 is 5.97 Å². The molecule has 0 aliphatic carbocycles. The molecule has 0 rings (SSSR count). The van der Waals surface area contributed by atoms with E-state index in [4.69, 9.17) is 9.47 Å². The molecule has 0 radical (unpaired) electrons. The van der Waals surface area contributed by atoms with Crippen LogP contribution in [0.2, 0.25) is 0 Å². The van der Waals surface area contributed by atoms with Crippen molar-refractivity contribution in [2.75, 3.05) is 21.3 Å². The molecule has 124 valence electrons. The van der Waals surface area contributed by atoms with Crippen molar-refractivity contribution in [1.82, 2.24) is 0 Å². The van der Waals surface area contributed by atoms with Gasteiger partial charge in [0.05, 0.1) is 7.11 Å². The van der Waals surface area contributed by atoms with E-state index in [0.29, 0.717) is 0 Å².